The van der Waals surface area contributed by atoms with Gasteiger partial charge in [0.25, 0.3) is 0 Å². The summed E-state index contributed by atoms with van der Waals surface area (Å²) in [5.74, 6) is -0.212. The van der Waals surface area contributed by atoms with Crippen molar-refractivity contribution in [1.82, 2.24) is 0 Å². The average Bonchev–Trinajstić information content (AvgIpc) is 2.23. The van der Waals surface area contributed by atoms with E-state index in [1.807, 2.05) is 6.92 Å². The normalized spacial score (nSPS) is 12.9. The fourth-order valence-electron chi connectivity index (χ4n) is 1.27. The zero-order chi connectivity index (χ0) is 11.4. The van der Waals surface area contributed by atoms with Crippen LogP contribution in [0.15, 0.2) is 16.6 Å². The number of alkyl halides is 1. The molecule has 1 rings (SSSR count). The Morgan fingerprint density at radius 1 is 1.40 bits per heavy atom. The van der Waals surface area contributed by atoms with Gasteiger partial charge in [-0.05, 0) is 46.8 Å². The van der Waals surface area contributed by atoms with Crippen molar-refractivity contribution in [3.05, 3.63) is 33.8 Å². The van der Waals surface area contributed by atoms with Gasteiger partial charge in [0.1, 0.15) is 11.6 Å². The molecule has 0 aliphatic heterocycles. The van der Waals surface area contributed by atoms with Crippen LogP contribution in [0.1, 0.15) is 18.9 Å². The third kappa shape index (κ3) is 3.42. The fraction of sp³-hybridized carbons (Fsp3) is 0.455. The van der Waals surface area contributed by atoms with E-state index >= 15 is 0 Å². The quantitative estimate of drug-likeness (QED) is 0.565. The molecule has 1 unspecified atom stereocenters. The van der Waals surface area contributed by atoms with E-state index in [2.05, 4.69) is 15.9 Å². The van der Waals surface area contributed by atoms with E-state index in [1.165, 1.54) is 12.1 Å². The molecule has 0 aliphatic carbocycles. The monoisotopic (exact) mass is 296 g/mol. The van der Waals surface area contributed by atoms with Crippen molar-refractivity contribution in [2.45, 2.75) is 19.8 Å². The lowest BCUT2D eigenvalue weighted by Gasteiger charge is -2.09. The maximum absolute atomic E-state index is 13.5. The van der Waals surface area contributed by atoms with E-state index in [-0.39, 0.29) is 11.5 Å². The number of rotatable bonds is 4. The Kier molecular flexibility index (Phi) is 5.00. The van der Waals surface area contributed by atoms with Crippen LogP contribution in [0, 0.1) is 17.6 Å². The molecule has 0 heterocycles. The second-order valence-electron chi connectivity index (χ2n) is 3.62. The van der Waals surface area contributed by atoms with E-state index in [0.717, 1.165) is 0 Å². The largest absolute Gasteiger partial charge is 0.207 e. The number of benzene rings is 1. The lowest BCUT2D eigenvalue weighted by atomic mass is 10.0. The van der Waals surface area contributed by atoms with Crippen molar-refractivity contribution in [2.75, 3.05) is 5.88 Å². The molecule has 0 N–H and O–H groups in total. The highest BCUT2D eigenvalue weighted by atomic mass is 79.9. The number of hydrogen-bond donors (Lipinski definition) is 0. The smallest absolute Gasteiger partial charge is 0.143 e. The Labute approximate surface area is 102 Å². The van der Waals surface area contributed by atoms with Crippen LogP contribution in [0.4, 0.5) is 8.78 Å². The predicted octanol–water partition coefficient (Wildman–Crippen LogP) is 4.53. The van der Waals surface area contributed by atoms with Gasteiger partial charge in [-0.3, -0.25) is 0 Å². The molecule has 0 aliphatic rings. The molecule has 0 spiro atoms. The number of hydrogen-bond acceptors (Lipinski definition) is 0. The molecule has 0 radical (unpaired) electrons. The van der Waals surface area contributed by atoms with Crippen molar-refractivity contribution in [3.8, 4) is 0 Å². The molecule has 0 saturated carbocycles. The highest BCUT2D eigenvalue weighted by Crippen LogP contribution is 2.23. The van der Waals surface area contributed by atoms with Crippen LogP contribution in [-0.2, 0) is 6.42 Å². The van der Waals surface area contributed by atoms with Crippen LogP contribution in [0.3, 0.4) is 0 Å². The molecule has 15 heavy (non-hydrogen) atoms. The zero-order valence-electron chi connectivity index (χ0n) is 8.37. The molecule has 1 aromatic rings. The molecule has 0 nitrogen and oxygen atoms in total. The first-order chi connectivity index (χ1) is 7.06. The molecule has 0 fully saturated rings. The minimum absolute atomic E-state index is 0.140. The lowest BCUT2D eigenvalue weighted by Crippen LogP contribution is -2.02. The molecule has 0 amide bonds. The second kappa shape index (κ2) is 5.80. The minimum Gasteiger partial charge on any atom is -0.207 e. The van der Waals surface area contributed by atoms with Gasteiger partial charge < -0.3 is 0 Å². The Balaban J connectivity index is 2.80. The van der Waals surface area contributed by atoms with Gasteiger partial charge in [-0.15, -0.1) is 11.6 Å². The summed E-state index contributed by atoms with van der Waals surface area (Å²) in [7, 11) is 0. The van der Waals surface area contributed by atoms with Crippen LogP contribution < -0.4 is 0 Å². The van der Waals surface area contributed by atoms with Crippen molar-refractivity contribution in [3.63, 3.8) is 0 Å². The highest BCUT2D eigenvalue weighted by Gasteiger charge is 2.13. The van der Waals surface area contributed by atoms with Gasteiger partial charge >= 0.3 is 0 Å². The average molecular weight is 298 g/mol. The van der Waals surface area contributed by atoms with Gasteiger partial charge in [0.2, 0.25) is 0 Å². The Morgan fingerprint density at radius 3 is 2.67 bits per heavy atom. The highest BCUT2D eigenvalue weighted by molar-refractivity contribution is 9.10. The van der Waals surface area contributed by atoms with Crippen LogP contribution in [-0.4, -0.2) is 5.88 Å². The summed E-state index contributed by atoms with van der Waals surface area (Å²) in [6.07, 6.45) is 1.07. The summed E-state index contributed by atoms with van der Waals surface area (Å²) in [6.45, 7) is 1.96. The van der Waals surface area contributed by atoms with Crippen LogP contribution >= 0.6 is 27.5 Å². The van der Waals surface area contributed by atoms with Gasteiger partial charge in [-0.2, -0.15) is 0 Å². The summed E-state index contributed by atoms with van der Waals surface area (Å²) >= 11 is 8.67. The van der Waals surface area contributed by atoms with Crippen molar-refractivity contribution >= 4 is 27.5 Å². The third-order valence-electron chi connectivity index (χ3n) is 2.29. The first kappa shape index (κ1) is 12.9. The third-order valence-corrected chi connectivity index (χ3v) is 3.43. The molecule has 84 valence electrons. The summed E-state index contributed by atoms with van der Waals surface area (Å²) in [5.41, 5.74) is 0.140. The van der Waals surface area contributed by atoms with Gasteiger partial charge in [0.05, 0.1) is 4.47 Å². The molecule has 0 bridgehead atoms. The van der Waals surface area contributed by atoms with Gasteiger partial charge in [0, 0.05) is 11.4 Å². The molecule has 1 atom stereocenters. The summed E-state index contributed by atoms with van der Waals surface area (Å²) < 4.78 is 27.1. The topological polar surface area (TPSA) is 0 Å². The van der Waals surface area contributed by atoms with Crippen molar-refractivity contribution < 1.29 is 8.78 Å². The van der Waals surface area contributed by atoms with Gasteiger partial charge in [-0.25, -0.2) is 8.78 Å². The zero-order valence-corrected chi connectivity index (χ0v) is 10.7. The maximum atomic E-state index is 13.5. The minimum atomic E-state index is -0.503. The van der Waals surface area contributed by atoms with E-state index in [0.29, 0.717) is 23.2 Å². The van der Waals surface area contributed by atoms with Gasteiger partial charge in [0.15, 0.2) is 0 Å². The lowest BCUT2D eigenvalue weighted by molar-refractivity contribution is 0.521. The Morgan fingerprint density at radius 2 is 2.07 bits per heavy atom. The molecular formula is C11H12BrClF2. The van der Waals surface area contributed by atoms with E-state index in [9.17, 15) is 8.78 Å². The Hall–Kier alpha value is -0.150. The fourth-order valence-corrected chi connectivity index (χ4v) is 1.79. The molecule has 0 saturated heterocycles. The summed E-state index contributed by atoms with van der Waals surface area (Å²) in [4.78, 5) is 0. The van der Waals surface area contributed by atoms with E-state index < -0.39 is 11.6 Å². The molecule has 0 aromatic heterocycles. The van der Waals surface area contributed by atoms with Crippen LogP contribution in [0.5, 0.6) is 0 Å². The van der Waals surface area contributed by atoms with E-state index in [4.69, 9.17) is 11.6 Å². The first-order valence-electron chi connectivity index (χ1n) is 4.74. The van der Waals surface area contributed by atoms with E-state index in [1.54, 1.807) is 0 Å². The summed E-state index contributed by atoms with van der Waals surface area (Å²) in [5, 5.41) is 0. The Bertz CT molecular complexity index is 342. The molecule has 1 aromatic carbocycles. The molecular weight excluding hydrogens is 285 g/mol. The second-order valence-corrected chi connectivity index (χ2v) is 4.78. The maximum Gasteiger partial charge on any atom is 0.143 e. The van der Waals surface area contributed by atoms with Crippen LogP contribution in [0.2, 0.25) is 0 Å². The van der Waals surface area contributed by atoms with Crippen molar-refractivity contribution in [2.24, 2.45) is 5.92 Å². The van der Waals surface area contributed by atoms with Crippen molar-refractivity contribution in [1.29, 1.82) is 0 Å². The standard InChI is InChI=1S/C11H12BrClF2/c1-7(6-13)2-3-8-10(14)5-4-9(12)11(8)15/h4-5,7H,2-3,6H2,1H3. The SMILES string of the molecule is CC(CCl)CCc1c(F)ccc(Br)c1F. The van der Waals surface area contributed by atoms with Crippen LogP contribution in [0.25, 0.3) is 0 Å². The number of halogens is 4. The predicted molar refractivity (Wildman–Crippen MR) is 62.3 cm³/mol. The molecule has 4 heteroatoms. The van der Waals surface area contributed by atoms with Gasteiger partial charge in [-0.1, -0.05) is 6.92 Å². The summed E-state index contributed by atoms with van der Waals surface area (Å²) in [6, 6.07) is 2.65. The first-order valence-corrected chi connectivity index (χ1v) is 6.07.